The Morgan fingerprint density at radius 2 is 0.978 bits per heavy atom. The third-order valence-electron chi connectivity index (χ3n) is 17.5. The van der Waals surface area contributed by atoms with E-state index in [1.165, 1.54) is 104 Å². The van der Waals surface area contributed by atoms with E-state index in [-0.39, 0.29) is 69.3 Å². The van der Waals surface area contributed by atoms with E-state index >= 15 is 14.4 Å². The molecule has 0 spiro atoms. The first kappa shape index (κ1) is 84.3. The van der Waals surface area contributed by atoms with Crippen molar-refractivity contribution in [2.24, 2.45) is 35.5 Å². The van der Waals surface area contributed by atoms with Crippen LogP contribution in [0.1, 0.15) is 163 Å². The molecule has 0 aromatic carbocycles. The number of nitrogens with zero attached hydrogens (tertiary/aromatic N) is 8. The molecule has 0 aliphatic carbocycles. The smallest absolute Gasteiger partial charge is 0.246 e. The van der Waals surface area contributed by atoms with E-state index < -0.39 is 167 Å². The summed E-state index contributed by atoms with van der Waals surface area (Å²) in [5.74, 6) is -11.3. The van der Waals surface area contributed by atoms with Gasteiger partial charge in [0.15, 0.2) is 0 Å². The van der Waals surface area contributed by atoms with Gasteiger partial charge in [0, 0.05) is 69.4 Å². The highest BCUT2D eigenvalue weighted by molar-refractivity contribution is 6.00. The first-order chi connectivity index (χ1) is 43.0. The monoisotopic (exact) mass is 1320 g/mol. The number of amides is 12. The van der Waals surface area contributed by atoms with Crippen LogP contribution in [-0.2, 0) is 62.3 Å². The summed E-state index contributed by atoms with van der Waals surface area (Å²) in [4.78, 5) is 183. The molecule has 27 nitrogen and oxygen atoms in total. The van der Waals surface area contributed by atoms with Gasteiger partial charge in [0.25, 0.3) is 0 Å². The number of nitrogens with one attached hydrogen (secondary N) is 4. The van der Waals surface area contributed by atoms with Gasteiger partial charge in [0.2, 0.25) is 70.9 Å². The molecule has 0 unspecified atom stereocenters. The first-order valence-corrected chi connectivity index (χ1v) is 32.9. The first-order valence-electron chi connectivity index (χ1n) is 32.9. The van der Waals surface area contributed by atoms with Crippen LogP contribution in [-0.4, -0.2) is 262 Å². The van der Waals surface area contributed by atoms with Gasteiger partial charge in [0.1, 0.15) is 66.5 Å². The van der Waals surface area contributed by atoms with E-state index in [0.29, 0.717) is 5.06 Å². The highest BCUT2D eigenvalue weighted by atomic mass is 16.5. The third-order valence-corrected chi connectivity index (χ3v) is 17.5. The Hall–Kier alpha value is -6.74. The molecule has 0 aromatic rings. The van der Waals surface area contributed by atoms with Gasteiger partial charge in [-0.05, 0) is 109 Å². The largest absolute Gasteiger partial charge is 0.390 e. The lowest BCUT2D eigenvalue weighted by Gasteiger charge is -2.41. The van der Waals surface area contributed by atoms with Gasteiger partial charge < -0.3 is 65.4 Å². The fourth-order valence-corrected chi connectivity index (χ4v) is 11.4. The van der Waals surface area contributed by atoms with E-state index in [2.05, 4.69) is 21.3 Å². The summed E-state index contributed by atoms with van der Waals surface area (Å²) in [6, 6.07) is -14.7. The third kappa shape index (κ3) is 23.6. The lowest BCUT2D eigenvalue weighted by Crippen LogP contribution is -2.64. The number of aliphatic hydroxyl groups is 1. The standard InChI is InChI=1S/C66H118N12O15/c1-26-28-30-41(13)55(80)54-59(84)69-46(27-2)62(87)71(18)44(16)61(86)76(23)53(45(17)93-32-29-31-50(79)78(25)92)58(83)70-51(39(9)10)65(90)72(19)47(33-36(3)4)57(82)67-42(14)56(81)68-43(15)60(85)73(20)48(34-37(5)6)63(88)74(21)49(35-38(7)8)64(89)75(22)52(40(11)12)66(91)77(54)24/h26,28,36-49,51-55,80,92H,27,29-35H2,1-25H3,(H,67,82)(H,68,81)(H,69,84)(H,70,83)/b28-26+/t41-,42+,43+,44-,45-,46+,47-,48+,49-,51+,52+,53+,54+,55-/m1/s1. The molecule has 93 heavy (non-hydrogen) atoms. The highest BCUT2D eigenvalue weighted by Crippen LogP contribution is 2.26. The molecule has 0 radical (unpaired) electrons. The van der Waals surface area contributed by atoms with Crippen molar-refractivity contribution in [1.82, 2.24) is 60.6 Å². The number of rotatable bonds is 19. The van der Waals surface area contributed by atoms with Gasteiger partial charge in [-0.15, -0.1) is 0 Å². The van der Waals surface area contributed by atoms with Crippen LogP contribution in [0.3, 0.4) is 0 Å². The summed E-state index contributed by atoms with van der Waals surface area (Å²) in [5.41, 5.74) is 0. The lowest BCUT2D eigenvalue weighted by molar-refractivity contribution is -0.160. The van der Waals surface area contributed by atoms with Crippen LogP contribution in [0.25, 0.3) is 0 Å². The van der Waals surface area contributed by atoms with E-state index in [0.717, 1.165) is 14.7 Å². The van der Waals surface area contributed by atoms with Crippen molar-refractivity contribution in [2.45, 2.75) is 241 Å². The molecule has 14 atom stereocenters. The van der Waals surface area contributed by atoms with Crippen LogP contribution in [0.15, 0.2) is 12.2 Å². The number of carbonyl (C=O) groups is 12. The summed E-state index contributed by atoms with van der Waals surface area (Å²) in [5, 5.41) is 33.1. The maximum atomic E-state index is 15.2. The molecular formula is C66H118N12O15. The molecule has 1 aliphatic heterocycles. The van der Waals surface area contributed by atoms with Gasteiger partial charge in [-0.1, -0.05) is 95.2 Å². The van der Waals surface area contributed by atoms with Crippen molar-refractivity contribution in [3.63, 3.8) is 0 Å². The number of ether oxygens (including phenoxy) is 1. The minimum absolute atomic E-state index is 0.0477. The molecule has 0 saturated carbocycles. The van der Waals surface area contributed by atoms with Crippen molar-refractivity contribution in [3.8, 4) is 0 Å². The maximum Gasteiger partial charge on any atom is 0.246 e. The second-order valence-electron chi connectivity index (χ2n) is 27.4. The number of hydrogen-bond acceptors (Lipinski definition) is 15. The molecule has 27 heteroatoms. The van der Waals surface area contributed by atoms with Crippen LogP contribution in [0.2, 0.25) is 0 Å². The van der Waals surface area contributed by atoms with Crippen LogP contribution >= 0.6 is 0 Å². The molecule has 1 rings (SSSR count). The molecule has 0 aromatic heterocycles. The fraction of sp³-hybridized carbons (Fsp3) is 0.788. The predicted octanol–water partition coefficient (Wildman–Crippen LogP) is 2.64. The number of likely N-dealkylation sites (N-methyl/N-ethyl adjacent to an activating group) is 7. The van der Waals surface area contributed by atoms with E-state index in [4.69, 9.17) is 4.74 Å². The van der Waals surface area contributed by atoms with Crippen LogP contribution in [0.4, 0.5) is 0 Å². The van der Waals surface area contributed by atoms with E-state index in [1.54, 1.807) is 60.6 Å². The molecular weight excluding hydrogens is 1200 g/mol. The Balaban J connectivity index is 4.45. The zero-order valence-corrected chi connectivity index (χ0v) is 60.6. The Morgan fingerprint density at radius 3 is 1.45 bits per heavy atom. The summed E-state index contributed by atoms with van der Waals surface area (Å²) >= 11 is 0. The van der Waals surface area contributed by atoms with E-state index in [1.807, 2.05) is 41.5 Å². The predicted molar refractivity (Wildman–Crippen MR) is 353 cm³/mol. The van der Waals surface area contributed by atoms with Crippen molar-refractivity contribution in [2.75, 3.05) is 63.0 Å². The molecule has 1 saturated heterocycles. The van der Waals surface area contributed by atoms with Crippen molar-refractivity contribution in [1.29, 1.82) is 0 Å². The van der Waals surface area contributed by atoms with E-state index in [9.17, 15) is 53.5 Å². The van der Waals surface area contributed by atoms with Gasteiger partial charge >= 0.3 is 0 Å². The number of aliphatic hydroxyl groups excluding tert-OH is 1. The summed E-state index contributed by atoms with van der Waals surface area (Å²) in [6.45, 7) is 28.5. The molecule has 6 N–H and O–H groups in total. The van der Waals surface area contributed by atoms with Gasteiger partial charge in [-0.25, -0.2) is 5.06 Å². The van der Waals surface area contributed by atoms with Crippen molar-refractivity contribution < 1.29 is 72.6 Å². The maximum absolute atomic E-state index is 15.2. The lowest BCUT2D eigenvalue weighted by atomic mass is 9.91. The molecule has 1 aliphatic rings. The average Bonchev–Trinajstić information content (AvgIpc) is 0.826. The minimum atomic E-state index is -1.67. The van der Waals surface area contributed by atoms with Crippen LogP contribution in [0.5, 0.6) is 0 Å². The number of carbonyl (C=O) groups excluding carboxylic acids is 12. The average molecular weight is 1320 g/mol. The molecule has 0 bridgehead atoms. The van der Waals surface area contributed by atoms with Gasteiger partial charge in [-0.2, -0.15) is 0 Å². The van der Waals surface area contributed by atoms with Gasteiger partial charge in [-0.3, -0.25) is 62.7 Å². The van der Waals surface area contributed by atoms with Crippen molar-refractivity contribution >= 4 is 70.9 Å². The molecule has 1 fully saturated rings. The van der Waals surface area contributed by atoms with Gasteiger partial charge in [0.05, 0.1) is 12.2 Å². The quantitative estimate of drug-likeness (QED) is 0.0469. The SMILES string of the molecule is C/C=C/C[C@@H](C)[C@@H](O)[C@H]1C(=O)N[C@@H](CC)C(=O)N(C)[C@H](C)C(=O)N(C)[C@@H]([C@@H](C)OCCCC(=O)N(C)O)C(=O)N[C@@H](C(C)C)C(=O)N(C)[C@H](CC(C)C)C(=O)N[C@@H](C)C(=O)N[C@@H](C)C(=O)N(C)[C@@H](CC(C)C)C(=O)N(C)[C@H](CC(C)C)C(=O)N(C)[C@@H](C(C)C)C(=O)N1C. The summed E-state index contributed by atoms with van der Waals surface area (Å²) < 4.78 is 6.09. The highest BCUT2D eigenvalue weighted by Gasteiger charge is 2.46. The number of hydroxylamine groups is 2. The fourth-order valence-electron chi connectivity index (χ4n) is 11.4. The Labute approximate surface area is 554 Å². The zero-order valence-electron chi connectivity index (χ0n) is 60.6. The second kappa shape index (κ2) is 38.6. The topological polar surface area (TPSA) is 329 Å². The Morgan fingerprint density at radius 1 is 0.527 bits per heavy atom. The zero-order chi connectivity index (χ0) is 72.1. The number of hydrogen-bond donors (Lipinski definition) is 6. The Kier molecular flexibility index (Phi) is 35.0. The molecule has 12 amide bonds. The van der Waals surface area contributed by atoms with Crippen LogP contribution in [0, 0.1) is 35.5 Å². The number of allylic oxidation sites excluding steroid dienone is 2. The minimum Gasteiger partial charge on any atom is -0.390 e. The van der Waals surface area contributed by atoms with Crippen molar-refractivity contribution in [3.05, 3.63) is 12.2 Å². The Bertz CT molecular complexity index is 2580. The normalized spacial score (nSPS) is 26.6. The summed E-state index contributed by atoms with van der Waals surface area (Å²) in [7, 11) is 10.8. The summed E-state index contributed by atoms with van der Waals surface area (Å²) in [6.07, 6.45) is 1.37. The second-order valence-corrected chi connectivity index (χ2v) is 27.4. The van der Waals surface area contributed by atoms with Crippen LogP contribution < -0.4 is 21.3 Å². The molecule has 532 valence electrons. The molecule has 1 heterocycles.